The Morgan fingerprint density at radius 3 is 2.35 bits per heavy atom. The number of nitrogens with one attached hydrogen (secondary N) is 1. The Bertz CT molecular complexity index is 535. The molecular weight excluding hydrogens is 396 g/mol. The molecule has 8 heteroatoms. The Balaban J connectivity index is 2.07. The highest BCUT2D eigenvalue weighted by Gasteiger charge is 2.46. The molecule has 1 aliphatic carbocycles. The van der Waals surface area contributed by atoms with Crippen LogP contribution in [0, 0.1) is 3.57 Å². The molecule has 1 aromatic rings. The maximum Gasteiger partial charge on any atom is 0.417 e. The van der Waals surface area contributed by atoms with Gasteiger partial charge in [0.05, 0.1) is 5.56 Å². The molecule has 1 N–H and O–H groups in total. The summed E-state index contributed by atoms with van der Waals surface area (Å²) in [6, 6.07) is 2.32. The SMILES string of the molecule is O=C(NC1CC(F)(F)C1)c1ccc(C(F)(F)F)c(I)c1. The molecule has 0 unspecified atom stereocenters. The molecule has 0 spiro atoms. The number of carbonyl (C=O) groups excluding carboxylic acids is 1. The number of carbonyl (C=O) groups is 1. The molecule has 0 atom stereocenters. The van der Waals surface area contributed by atoms with Crippen molar-refractivity contribution in [3.63, 3.8) is 0 Å². The summed E-state index contributed by atoms with van der Waals surface area (Å²) in [6.45, 7) is 0. The number of rotatable bonds is 2. The second-order valence-corrected chi connectivity index (χ2v) is 5.79. The summed E-state index contributed by atoms with van der Waals surface area (Å²) in [4.78, 5) is 11.7. The van der Waals surface area contributed by atoms with Gasteiger partial charge in [-0.05, 0) is 40.8 Å². The van der Waals surface area contributed by atoms with E-state index in [1.807, 2.05) is 0 Å². The van der Waals surface area contributed by atoms with Crippen molar-refractivity contribution in [2.45, 2.75) is 31.0 Å². The molecule has 0 heterocycles. The lowest BCUT2D eigenvalue weighted by atomic mass is 9.88. The van der Waals surface area contributed by atoms with Gasteiger partial charge in [0.15, 0.2) is 0 Å². The average Bonchev–Trinajstić information content (AvgIpc) is 2.24. The van der Waals surface area contributed by atoms with Gasteiger partial charge in [0, 0.05) is 28.0 Å². The highest BCUT2D eigenvalue weighted by Crippen LogP contribution is 2.37. The van der Waals surface area contributed by atoms with Gasteiger partial charge < -0.3 is 5.32 Å². The number of benzene rings is 1. The molecule has 0 saturated heterocycles. The molecule has 1 amide bonds. The molecule has 0 radical (unpaired) electrons. The standard InChI is InChI=1S/C12H9F5INO/c13-11(14)4-7(5-11)19-10(20)6-1-2-8(9(18)3-6)12(15,16)17/h1-3,7H,4-5H2,(H,19,20). The number of alkyl halides is 5. The lowest BCUT2D eigenvalue weighted by Gasteiger charge is -2.35. The minimum Gasteiger partial charge on any atom is -0.349 e. The van der Waals surface area contributed by atoms with Crippen LogP contribution in [0.3, 0.4) is 0 Å². The molecule has 0 aromatic heterocycles. The topological polar surface area (TPSA) is 29.1 Å². The molecule has 20 heavy (non-hydrogen) atoms. The van der Waals surface area contributed by atoms with Crippen molar-refractivity contribution in [3.05, 3.63) is 32.9 Å². The summed E-state index contributed by atoms with van der Waals surface area (Å²) in [5.41, 5.74) is -0.803. The highest BCUT2D eigenvalue weighted by molar-refractivity contribution is 14.1. The molecule has 0 aliphatic heterocycles. The zero-order valence-electron chi connectivity index (χ0n) is 9.90. The summed E-state index contributed by atoms with van der Waals surface area (Å²) in [5.74, 6) is -3.40. The van der Waals surface area contributed by atoms with Crippen LogP contribution in [0.2, 0.25) is 0 Å². The monoisotopic (exact) mass is 405 g/mol. The fourth-order valence-corrected chi connectivity index (χ4v) is 2.74. The summed E-state index contributed by atoms with van der Waals surface area (Å²) in [5, 5.41) is 2.37. The van der Waals surface area contributed by atoms with Gasteiger partial charge in [0.2, 0.25) is 0 Å². The van der Waals surface area contributed by atoms with Gasteiger partial charge in [-0.25, -0.2) is 8.78 Å². The van der Waals surface area contributed by atoms with Crippen LogP contribution in [0.15, 0.2) is 18.2 Å². The van der Waals surface area contributed by atoms with E-state index in [1.165, 1.54) is 22.6 Å². The highest BCUT2D eigenvalue weighted by atomic mass is 127. The molecule has 1 fully saturated rings. The van der Waals surface area contributed by atoms with Gasteiger partial charge >= 0.3 is 6.18 Å². The Kier molecular flexibility index (Phi) is 3.96. The van der Waals surface area contributed by atoms with Gasteiger partial charge in [-0.2, -0.15) is 13.2 Å². The van der Waals surface area contributed by atoms with E-state index in [2.05, 4.69) is 5.32 Å². The van der Waals surface area contributed by atoms with Crippen LogP contribution in [0.25, 0.3) is 0 Å². The van der Waals surface area contributed by atoms with Gasteiger partial charge in [-0.3, -0.25) is 4.79 Å². The van der Waals surface area contributed by atoms with Crippen LogP contribution in [0.5, 0.6) is 0 Å². The summed E-state index contributed by atoms with van der Waals surface area (Å²) >= 11 is 1.49. The summed E-state index contributed by atoms with van der Waals surface area (Å²) in [7, 11) is 0. The Hall–Kier alpha value is -0.930. The van der Waals surface area contributed by atoms with Crippen LogP contribution < -0.4 is 5.32 Å². The lowest BCUT2D eigenvalue weighted by molar-refractivity contribution is -0.138. The third kappa shape index (κ3) is 3.39. The number of hydrogen-bond donors (Lipinski definition) is 1. The smallest absolute Gasteiger partial charge is 0.349 e. The van der Waals surface area contributed by atoms with Crippen LogP contribution in [0.1, 0.15) is 28.8 Å². The molecule has 0 bridgehead atoms. The van der Waals surface area contributed by atoms with Crippen molar-refractivity contribution >= 4 is 28.5 Å². The van der Waals surface area contributed by atoms with Crippen molar-refractivity contribution in [1.82, 2.24) is 5.32 Å². The van der Waals surface area contributed by atoms with E-state index >= 15 is 0 Å². The van der Waals surface area contributed by atoms with Crippen molar-refractivity contribution in [2.75, 3.05) is 0 Å². The fourth-order valence-electron chi connectivity index (χ4n) is 1.92. The molecule has 2 nitrogen and oxygen atoms in total. The van der Waals surface area contributed by atoms with Crippen molar-refractivity contribution in [1.29, 1.82) is 0 Å². The second-order valence-electron chi connectivity index (χ2n) is 4.63. The number of hydrogen-bond acceptors (Lipinski definition) is 1. The van der Waals surface area contributed by atoms with E-state index in [-0.39, 0.29) is 9.13 Å². The largest absolute Gasteiger partial charge is 0.417 e. The van der Waals surface area contributed by atoms with E-state index in [1.54, 1.807) is 0 Å². The molecule has 2 rings (SSSR count). The maximum absolute atomic E-state index is 12.6. The van der Waals surface area contributed by atoms with Gasteiger partial charge in [0.25, 0.3) is 11.8 Å². The fraction of sp³-hybridized carbons (Fsp3) is 0.417. The second kappa shape index (κ2) is 5.12. The molecule has 1 aromatic carbocycles. The quantitative estimate of drug-likeness (QED) is 0.588. The van der Waals surface area contributed by atoms with Crippen LogP contribution in [-0.4, -0.2) is 17.9 Å². The molecule has 1 aliphatic rings. The molecular formula is C12H9F5INO. The normalized spacial score (nSPS) is 18.5. The van der Waals surface area contributed by atoms with Crippen molar-refractivity contribution in [3.8, 4) is 0 Å². The van der Waals surface area contributed by atoms with E-state index < -0.39 is 42.5 Å². The Morgan fingerprint density at radius 2 is 1.90 bits per heavy atom. The van der Waals surface area contributed by atoms with Gasteiger partial charge in [-0.1, -0.05) is 0 Å². The van der Waals surface area contributed by atoms with Gasteiger partial charge in [0.1, 0.15) is 0 Å². The first kappa shape index (κ1) is 15.5. The van der Waals surface area contributed by atoms with E-state index in [0.717, 1.165) is 18.2 Å². The van der Waals surface area contributed by atoms with Crippen molar-refractivity contribution in [2.24, 2.45) is 0 Å². The zero-order chi connectivity index (χ0) is 15.1. The van der Waals surface area contributed by atoms with E-state index in [9.17, 15) is 26.7 Å². The molecule has 1 saturated carbocycles. The minimum atomic E-state index is -4.48. The van der Waals surface area contributed by atoms with Crippen LogP contribution in [-0.2, 0) is 6.18 Å². The third-order valence-corrected chi connectivity index (χ3v) is 3.85. The average molecular weight is 405 g/mol. The van der Waals surface area contributed by atoms with E-state index in [4.69, 9.17) is 0 Å². The third-order valence-electron chi connectivity index (χ3n) is 2.96. The zero-order valence-corrected chi connectivity index (χ0v) is 12.1. The predicted octanol–water partition coefficient (Wildman–Crippen LogP) is 3.84. The predicted molar refractivity (Wildman–Crippen MR) is 69.6 cm³/mol. The lowest BCUT2D eigenvalue weighted by Crippen LogP contribution is -2.50. The van der Waals surface area contributed by atoms with Crippen molar-refractivity contribution < 1.29 is 26.7 Å². The summed E-state index contributed by atoms with van der Waals surface area (Å²) in [6.07, 6.45) is -5.35. The Morgan fingerprint density at radius 1 is 1.30 bits per heavy atom. The summed E-state index contributed by atoms with van der Waals surface area (Å²) < 4.78 is 62.8. The first-order valence-electron chi connectivity index (χ1n) is 5.64. The maximum atomic E-state index is 12.6. The first-order chi connectivity index (χ1) is 9.08. The van der Waals surface area contributed by atoms with Gasteiger partial charge in [-0.15, -0.1) is 0 Å². The minimum absolute atomic E-state index is 0.0256. The Labute approximate surface area is 124 Å². The van der Waals surface area contributed by atoms with Crippen LogP contribution in [0.4, 0.5) is 22.0 Å². The van der Waals surface area contributed by atoms with Crippen LogP contribution >= 0.6 is 22.6 Å². The molecule has 110 valence electrons. The first-order valence-corrected chi connectivity index (χ1v) is 6.72. The number of halogens is 6. The van der Waals surface area contributed by atoms with E-state index in [0.29, 0.717) is 0 Å². The number of amides is 1.